The third-order valence-electron chi connectivity index (χ3n) is 3.09. The summed E-state index contributed by atoms with van der Waals surface area (Å²) in [6.45, 7) is 4.14. The molecule has 0 aliphatic carbocycles. The van der Waals surface area contributed by atoms with Crippen molar-refractivity contribution in [3.05, 3.63) is 59.4 Å². The van der Waals surface area contributed by atoms with Gasteiger partial charge in [-0.3, -0.25) is 4.98 Å². The monoisotopic (exact) mass is 272 g/mol. The molecule has 2 aromatic rings. The molecule has 100 valence electrons. The molecule has 0 radical (unpaired) electrons. The van der Waals surface area contributed by atoms with Crippen LogP contribution in [0.2, 0.25) is 0 Å². The van der Waals surface area contributed by atoms with Crippen LogP contribution in [0.25, 0.3) is 0 Å². The molecule has 0 aliphatic rings. The molecule has 0 bridgehead atoms. The number of aryl methyl sites for hydroxylation is 2. The SMILES string of the molecule is CNC(CSc1cccc(C)c1)c1ccc(C)nc1. The number of nitrogens with one attached hydrogen (secondary N) is 1. The molecular formula is C16H20N2S. The number of hydrogen-bond donors (Lipinski definition) is 1. The van der Waals surface area contributed by atoms with E-state index in [1.54, 1.807) is 0 Å². The Morgan fingerprint density at radius 3 is 2.68 bits per heavy atom. The number of benzene rings is 1. The number of thioether (sulfide) groups is 1. The lowest BCUT2D eigenvalue weighted by atomic mass is 10.1. The van der Waals surface area contributed by atoms with Gasteiger partial charge in [0.1, 0.15) is 0 Å². The minimum Gasteiger partial charge on any atom is -0.312 e. The summed E-state index contributed by atoms with van der Waals surface area (Å²) in [5.74, 6) is 1.00. The van der Waals surface area contributed by atoms with Crippen LogP contribution in [-0.4, -0.2) is 17.8 Å². The van der Waals surface area contributed by atoms with Crippen molar-refractivity contribution in [3.8, 4) is 0 Å². The molecule has 1 heterocycles. The Balaban J connectivity index is 2.01. The highest BCUT2D eigenvalue weighted by molar-refractivity contribution is 7.99. The lowest BCUT2D eigenvalue weighted by Gasteiger charge is -2.16. The molecule has 1 aromatic heterocycles. The van der Waals surface area contributed by atoms with Gasteiger partial charge in [0.05, 0.1) is 0 Å². The molecule has 19 heavy (non-hydrogen) atoms. The zero-order valence-electron chi connectivity index (χ0n) is 11.7. The second-order valence-corrected chi connectivity index (χ2v) is 5.80. The van der Waals surface area contributed by atoms with Crippen molar-refractivity contribution in [2.75, 3.05) is 12.8 Å². The van der Waals surface area contributed by atoms with Gasteiger partial charge in [0.15, 0.2) is 0 Å². The molecule has 0 aliphatic heterocycles. The van der Waals surface area contributed by atoms with E-state index in [2.05, 4.69) is 53.6 Å². The first-order valence-electron chi connectivity index (χ1n) is 6.48. The van der Waals surface area contributed by atoms with Crippen LogP contribution in [0.3, 0.4) is 0 Å². The molecule has 2 nitrogen and oxygen atoms in total. The molecule has 2 rings (SSSR count). The highest BCUT2D eigenvalue weighted by Gasteiger charge is 2.10. The Hall–Kier alpha value is -1.32. The summed E-state index contributed by atoms with van der Waals surface area (Å²) in [7, 11) is 2.00. The number of rotatable bonds is 5. The fourth-order valence-corrected chi connectivity index (χ4v) is 3.08. The Kier molecular flexibility index (Phi) is 5.00. The van der Waals surface area contributed by atoms with Gasteiger partial charge in [0.2, 0.25) is 0 Å². The van der Waals surface area contributed by atoms with E-state index >= 15 is 0 Å². The van der Waals surface area contributed by atoms with Gasteiger partial charge in [0, 0.05) is 28.6 Å². The predicted octanol–water partition coefficient (Wildman–Crippen LogP) is 3.75. The Bertz CT molecular complexity index is 523. The normalized spacial score (nSPS) is 12.4. The maximum Gasteiger partial charge on any atom is 0.0428 e. The predicted molar refractivity (Wildman–Crippen MR) is 82.7 cm³/mol. The first-order chi connectivity index (χ1) is 9.19. The summed E-state index contributed by atoms with van der Waals surface area (Å²) < 4.78 is 0. The second kappa shape index (κ2) is 6.73. The third kappa shape index (κ3) is 4.08. The minimum absolute atomic E-state index is 0.332. The van der Waals surface area contributed by atoms with E-state index in [4.69, 9.17) is 0 Å². The lowest BCUT2D eigenvalue weighted by Crippen LogP contribution is -2.18. The maximum atomic E-state index is 4.37. The average molecular weight is 272 g/mol. The van der Waals surface area contributed by atoms with E-state index in [1.807, 2.05) is 31.9 Å². The number of hydrogen-bond acceptors (Lipinski definition) is 3. The quantitative estimate of drug-likeness (QED) is 0.839. The lowest BCUT2D eigenvalue weighted by molar-refractivity contribution is 0.658. The standard InChI is InChI=1S/C16H20N2S/c1-12-5-4-6-15(9-12)19-11-16(17-3)14-8-7-13(2)18-10-14/h4-10,16-17H,11H2,1-3H3. The van der Waals surface area contributed by atoms with Gasteiger partial charge in [-0.2, -0.15) is 0 Å². The molecule has 0 saturated carbocycles. The van der Waals surface area contributed by atoms with Gasteiger partial charge >= 0.3 is 0 Å². The molecule has 1 unspecified atom stereocenters. The molecule has 0 saturated heterocycles. The van der Waals surface area contributed by atoms with E-state index in [1.165, 1.54) is 16.0 Å². The number of nitrogens with zero attached hydrogens (tertiary/aromatic N) is 1. The van der Waals surface area contributed by atoms with E-state index in [9.17, 15) is 0 Å². The number of aromatic nitrogens is 1. The van der Waals surface area contributed by atoms with E-state index in [-0.39, 0.29) is 0 Å². The van der Waals surface area contributed by atoms with Gasteiger partial charge in [-0.15, -0.1) is 11.8 Å². The van der Waals surface area contributed by atoms with E-state index < -0.39 is 0 Å². The van der Waals surface area contributed by atoms with Crippen LogP contribution in [0, 0.1) is 13.8 Å². The van der Waals surface area contributed by atoms with Gasteiger partial charge in [-0.1, -0.05) is 23.8 Å². The van der Waals surface area contributed by atoms with Crippen molar-refractivity contribution < 1.29 is 0 Å². The summed E-state index contributed by atoms with van der Waals surface area (Å²) in [6.07, 6.45) is 1.97. The zero-order chi connectivity index (χ0) is 13.7. The number of pyridine rings is 1. The first kappa shape index (κ1) is 14.1. The van der Waals surface area contributed by atoms with Crippen LogP contribution < -0.4 is 5.32 Å². The maximum absolute atomic E-state index is 4.37. The molecule has 3 heteroatoms. The van der Waals surface area contributed by atoms with Crippen LogP contribution in [0.4, 0.5) is 0 Å². The fourth-order valence-electron chi connectivity index (χ4n) is 1.92. The molecule has 1 N–H and O–H groups in total. The van der Waals surface area contributed by atoms with Crippen LogP contribution in [0.1, 0.15) is 22.9 Å². The Morgan fingerprint density at radius 1 is 1.21 bits per heavy atom. The highest BCUT2D eigenvalue weighted by Crippen LogP contribution is 2.25. The fraction of sp³-hybridized carbons (Fsp3) is 0.312. The van der Waals surface area contributed by atoms with Crippen LogP contribution in [-0.2, 0) is 0 Å². The molecule has 1 atom stereocenters. The Labute approximate surface area is 119 Å². The van der Waals surface area contributed by atoms with Crippen molar-refractivity contribution in [1.29, 1.82) is 0 Å². The highest BCUT2D eigenvalue weighted by atomic mass is 32.2. The molecule has 1 aromatic carbocycles. The molecule has 0 fully saturated rings. The van der Waals surface area contributed by atoms with Gasteiger partial charge in [-0.25, -0.2) is 0 Å². The van der Waals surface area contributed by atoms with Crippen LogP contribution in [0.15, 0.2) is 47.5 Å². The van der Waals surface area contributed by atoms with E-state index in [0.29, 0.717) is 6.04 Å². The minimum atomic E-state index is 0.332. The summed E-state index contributed by atoms with van der Waals surface area (Å²) in [4.78, 5) is 5.69. The molecule has 0 amide bonds. The average Bonchev–Trinajstić information content (AvgIpc) is 2.41. The Morgan fingerprint density at radius 2 is 2.05 bits per heavy atom. The summed E-state index contributed by atoms with van der Waals surface area (Å²) in [6, 6.07) is 13.2. The van der Waals surface area contributed by atoms with E-state index in [0.717, 1.165) is 11.4 Å². The summed E-state index contributed by atoms with van der Waals surface area (Å²) >= 11 is 1.88. The largest absolute Gasteiger partial charge is 0.312 e. The third-order valence-corrected chi connectivity index (χ3v) is 4.18. The zero-order valence-corrected chi connectivity index (χ0v) is 12.5. The topological polar surface area (TPSA) is 24.9 Å². The second-order valence-electron chi connectivity index (χ2n) is 4.70. The van der Waals surface area contributed by atoms with Gasteiger partial charge in [-0.05, 0) is 44.7 Å². The van der Waals surface area contributed by atoms with Crippen LogP contribution in [0.5, 0.6) is 0 Å². The smallest absolute Gasteiger partial charge is 0.0428 e. The van der Waals surface area contributed by atoms with Crippen molar-refractivity contribution in [2.24, 2.45) is 0 Å². The molecular weight excluding hydrogens is 252 g/mol. The summed E-state index contributed by atoms with van der Waals surface area (Å²) in [5.41, 5.74) is 3.61. The van der Waals surface area contributed by atoms with Crippen molar-refractivity contribution >= 4 is 11.8 Å². The first-order valence-corrected chi connectivity index (χ1v) is 7.47. The van der Waals surface area contributed by atoms with Crippen molar-refractivity contribution in [1.82, 2.24) is 10.3 Å². The van der Waals surface area contributed by atoms with Crippen molar-refractivity contribution in [2.45, 2.75) is 24.8 Å². The van der Waals surface area contributed by atoms with Crippen LogP contribution >= 0.6 is 11.8 Å². The van der Waals surface area contributed by atoms with Gasteiger partial charge in [0.25, 0.3) is 0 Å². The molecule has 0 spiro atoms. The van der Waals surface area contributed by atoms with Crippen molar-refractivity contribution in [3.63, 3.8) is 0 Å². The summed E-state index contributed by atoms with van der Waals surface area (Å²) in [5, 5.41) is 3.36. The van der Waals surface area contributed by atoms with Gasteiger partial charge < -0.3 is 5.32 Å².